The molecule has 33 heavy (non-hydrogen) atoms. The second kappa shape index (κ2) is 9.41. The number of carbonyl (C=O) groups excluding carboxylic acids is 2. The Morgan fingerprint density at radius 2 is 1.94 bits per heavy atom. The van der Waals surface area contributed by atoms with Crippen molar-refractivity contribution in [2.24, 2.45) is 0 Å². The summed E-state index contributed by atoms with van der Waals surface area (Å²) in [6.45, 7) is 1.85. The number of amides is 2. The average molecular weight is 469 g/mol. The summed E-state index contributed by atoms with van der Waals surface area (Å²) in [5, 5.41) is 11.6. The first-order chi connectivity index (χ1) is 15.9. The summed E-state index contributed by atoms with van der Waals surface area (Å²) in [5.74, 6) is 7.57. The Morgan fingerprint density at radius 1 is 1.18 bits per heavy atom. The van der Waals surface area contributed by atoms with Crippen molar-refractivity contribution in [2.75, 3.05) is 36.0 Å². The molecule has 0 saturated heterocycles. The van der Waals surface area contributed by atoms with Gasteiger partial charge in [0.2, 0.25) is 17.0 Å². The van der Waals surface area contributed by atoms with Crippen LogP contribution in [-0.2, 0) is 9.59 Å². The number of anilines is 2. The molecule has 1 aliphatic heterocycles. The number of para-hydroxylation sites is 2. The highest BCUT2D eigenvalue weighted by molar-refractivity contribution is 7.99. The van der Waals surface area contributed by atoms with Gasteiger partial charge in [-0.05, 0) is 37.3 Å². The third-order valence-corrected chi connectivity index (χ3v) is 6.19. The number of nitrogens with one attached hydrogen (secondary N) is 1. The average Bonchev–Trinajstić information content (AvgIpc) is 3.11. The number of benzene rings is 2. The van der Waals surface area contributed by atoms with E-state index in [1.54, 1.807) is 43.4 Å². The first-order valence-corrected chi connectivity index (χ1v) is 11.2. The summed E-state index contributed by atoms with van der Waals surface area (Å²) >= 11 is 1.18. The van der Waals surface area contributed by atoms with Crippen molar-refractivity contribution < 1.29 is 19.1 Å². The van der Waals surface area contributed by atoms with E-state index in [9.17, 15) is 9.59 Å². The minimum absolute atomic E-state index is 0.0775. The number of nitrogen functional groups attached to an aromatic ring is 1. The highest BCUT2D eigenvalue weighted by Crippen LogP contribution is 2.34. The fourth-order valence-electron chi connectivity index (χ4n) is 3.71. The van der Waals surface area contributed by atoms with E-state index in [2.05, 4.69) is 15.5 Å². The monoisotopic (exact) mass is 468 g/mol. The number of aromatic nitrogens is 3. The van der Waals surface area contributed by atoms with Gasteiger partial charge in [0, 0.05) is 18.0 Å². The number of hydrogen-bond donors (Lipinski definition) is 2. The molecule has 2 heterocycles. The highest BCUT2D eigenvalue weighted by atomic mass is 32.2. The molecule has 1 unspecified atom stereocenters. The molecule has 3 N–H and O–H groups in total. The highest BCUT2D eigenvalue weighted by Gasteiger charge is 2.29. The number of hydrogen-bond acceptors (Lipinski definition) is 8. The lowest BCUT2D eigenvalue weighted by Crippen LogP contribution is -2.40. The second-order valence-corrected chi connectivity index (χ2v) is 8.36. The van der Waals surface area contributed by atoms with Crippen LogP contribution in [0, 0.1) is 0 Å². The minimum Gasteiger partial charge on any atom is -0.493 e. The van der Waals surface area contributed by atoms with E-state index in [1.165, 1.54) is 16.4 Å². The van der Waals surface area contributed by atoms with Crippen molar-refractivity contribution >= 4 is 35.0 Å². The second-order valence-electron chi connectivity index (χ2n) is 7.42. The van der Waals surface area contributed by atoms with Crippen LogP contribution in [0.4, 0.5) is 11.4 Å². The van der Waals surface area contributed by atoms with E-state index < -0.39 is 0 Å². The fraction of sp³-hybridized carbons (Fsp3) is 0.273. The fourth-order valence-corrected chi connectivity index (χ4v) is 4.43. The SMILES string of the molecule is COc1ccc(-c2nnc(SCC(=O)N3c4ccccc4NC(=O)CC3C)n2N)cc1OC. The Morgan fingerprint density at radius 3 is 2.70 bits per heavy atom. The van der Waals surface area contributed by atoms with Crippen LogP contribution in [0.1, 0.15) is 13.3 Å². The predicted molar refractivity (Wildman–Crippen MR) is 126 cm³/mol. The molecular formula is C22H24N6O4S. The number of methoxy groups -OCH3 is 2. The van der Waals surface area contributed by atoms with Gasteiger partial charge in [-0.3, -0.25) is 9.59 Å². The molecule has 0 saturated carbocycles. The van der Waals surface area contributed by atoms with Gasteiger partial charge in [-0.2, -0.15) is 0 Å². The summed E-state index contributed by atoms with van der Waals surface area (Å²) in [5.41, 5.74) is 1.98. The predicted octanol–water partition coefficient (Wildman–Crippen LogP) is 2.53. The van der Waals surface area contributed by atoms with E-state index in [1.807, 2.05) is 25.1 Å². The maximum absolute atomic E-state index is 13.2. The van der Waals surface area contributed by atoms with Gasteiger partial charge in [-0.15, -0.1) is 10.2 Å². The van der Waals surface area contributed by atoms with Gasteiger partial charge in [-0.1, -0.05) is 23.9 Å². The Kier molecular flexibility index (Phi) is 6.40. The van der Waals surface area contributed by atoms with Crippen LogP contribution in [-0.4, -0.2) is 52.7 Å². The first kappa shape index (κ1) is 22.5. The molecule has 3 aromatic rings. The number of thioether (sulfide) groups is 1. The van der Waals surface area contributed by atoms with Crippen LogP contribution >= 0.6 is 11.8 Å². The van der Waals surface area contributed by atoms with Crippen LogP contribution in [0.15, 0.2) is 47.6 Å². The van der Waals surface area contributed by atoms with Crippen LogP contribution in [0.2, 0.25) is 0 Å². The molecule has 0 fully saturated rings. The largest absolute Gasteiger partial charge is 0.493 e. The quantitative estimate of drug-likeness (QED) is 0.418. The van der Waals surface area contributed by atoms with E-state index >= 15 is 0 Å². The maximum Gasteiger partial charge on any atom is 0.237 e. The van der Waals surface area contributed by atoms with E-state index in [0.717, 1.165) is 0 Å². The van der Waals surface area contributed by atoms with Gasteiger partial charge in [0.25, 0.3) is 0 Å². The third kappa shape index (κ3) is 4.44. The molecule has 172 valence electrons. The number of rotatable bonds is 6. The van der Waals surface area contributed by atoms with Crippen molar-refractivity contribution in [3.8, 4) is 22.9 Å². The molecule has 1 aromatic heterocycles. The maximum atomic E-state index is 13.2. The smallest absolute Gasteiger partial charge is 0.237 e. The van der Waals surface area contributed by atoms with Gasteiger partial charge in [0.15, 0.2) is 17.3 Å². The molecule has 1 atom stereocenters. The van der Waals surface area contributed by atoms with Gasteiger partial charge in [-0.25, -0.2) is 4.68 Å². The Labute approximate surface area is 195 Å². The summed E-state index contributed by atoms with van der Waals surface area (Å²) in [6, 6.07) is 12.3. The standard InChI is InChI=1S/C22H24N6O4S/c1-13-10-19(29)24-15-6-4-5-7-16(15)27(13)20(30)12-33-22-26-25-21(28(22)23)14-8-9-17(31-2)18(11-14)32-3/h4-9,11,13H,10,12,23H2,1-3H3,(H,24,29). The van der Waals surface area contributed by atoms with Gasteiger partial charge >= 0.3 is 0 Å². The van der Waals surface area contributed by atoms with Gasteiger partial charge < -0.3 is 25.5 Å². The van der Waals surface area contributed by atoms with E-state index in [-0.39, 0.29) is 30.0 Å². The normalized spacial score (nSPS) is 15.4. The molecular weight excluding hydrogens is 444 g/mol. The molecule has 10 nitrogen and oxygen atoms in total. The molecule has 11 heteroatoms. The zero-order chi connectivity index (χ0) is 23.5. The molecule has 2 aromatic carbocycles. The summed E-state index contributed by atoms with van der Waals surface area (Å²) in [7, 11) is 3.11. The lowest BCUT2D eigenvalue weighted by Gasteiger charge is -2.27. The summed E-state index contributed by atoms with van der Waals surface area (Å²) in [4.78, 5) is 27.0. The summed E-state index contributed by atoms with van der Waals surface area (Å²) < 4.78 is 11.9. The molecule has 1 aliphatic rings. The Balaban J connectivity index is 1.53. The third-order valence-electron chi connectivity index (χ3n) is 5.26. The molecule has 4 rings (SSSR count). The number of ether oxygens (including phenoxy) is 2. The Bertz CT molecular complexity index is 1200. The molecule has 0 spiro atoms. The van der Waals surface area contributed by atoms with Crippen molar-refractivity contribution in [2.45, 2.75) is 24.5 Å². The van der Waals surface area contributed by atoms with Crippen molar-refractivity contribution in [3.05, 3.63) is 42.5 Å². The van der Waals surface area contributed by atoms with Gasteiger partial charge in [0.1, 0.15) is 0 Å². The molecule has 2 amide bonds. The topological polar surface area (TPSA) is 125 Å². The molecule has 0 radical (unpaired) electrons. The van der Waals surface area contributed by atoms with Crippen molar-refractivity contribution in [1.82, 2.24) is 14.9 Å². The van der Waals surface area contributed by atoms with Crippen LogP contribution < -0.4 is 25.5 Å². The number of nitrogens with zero attached hydrogens (tertiary/aromatic N) is 4. The van der Waals surface area contributed by atoms with Crippen molar-refractivity contribution in [1.29, 1.82) is 0 Å². The minimum atomic E-state index is -0.292. The molecule has 0 bridgehead atoms. The van der Waals surface area contributed by atoms with Crippen LogP contribution in [0.25, 0.3) is 11.4 Å². The molecule has 0 aliphatic carbocycles. The lowest BCUT2D eigenvalue weighted by atomic mass is 10.2. The zero-order valence-corrected chi connectivity index (χ0v) is 19.3. The lowest BCUT2D eigenvalue weighted by molar-refractivity contribution is -0.117. The first-order valence-electron chi connectivity index (χ1n) is 10.2. The van der Waals surface area contributed by atoms with Crippen LogP contribution in [0.5, 0.6) is 11.5 Å². The summed E-state index contributed by atoms with van der Waals surface area (Å²) in [6.07, 6.45) is 0.210. The number of nitrogens with two attached hydrogens (primary N) is 1. The number of fused-ring (bicyclic) bond motifs is 1. The van der Waals surface area contributed by atoms with Gasteiger partial charge in [0.05, 0.1) is 31.3 Å². The number of carbonyl (C=O) groups is 2. The van der Waals surface area contributed by atoms with E-state index in [0.29, 0.717) is 39.4 Å². The van der Waals surface area contributed by atoms with Crippen LogP contribution in [0.3, 0.4) is 0 Å². The van der Waals surface area contributed by atoms with Crippen molar-refractivity contribution in [3.63, 3.8) is 0 Å². The van der Waals surface area contributed by atoms with E-state index in [4.69, 9.17) is 15.3 Å². The zero-order valence-electron chi connectivity index (χ0n) is 18.4. The Hall–Kier alpha value is -3.73.